The van der Waals surface area contributed by atoms with Crippen LogP contribution in [0.3, 0.4) is 0 Å². The highest BCUT2D eigenvalue weighted by Crippen LogP contribution is 2.17. The summed E-state index contributed by atoms with van der Waals surface area (Å²) < 4.78 is 0. The molecule has 0 saturated heterocycles. The van der Waals surface area contributed by atoms with E-state index >= 15 is 0 Å². The Bertz CT molecular complexity index is 560. The van der Waals surface area contributed by atoms with Gasteiger partial charge < -0.3 is 10.2 Å². The first-order valence-corrected chi connectivity index (χ1v) is 8.45. The minimum absolute atomic E-state index is 0.116. The fourth-order valence-electron chi connectivity index (χ4n) is 2.04. The minimum atomic E-state index is 0.116. The van der Waals surface area contributed by atoms with Gasteiger partial charge in [-0.1, -0.05) is 36.4 Å². The molecule has 0 aliphatic rings. The first-order valence-electron chi connectivity index (χ1n) is 7.46. The van der Waals surface area contributed by atoms with Crippen LogP contribution < -0.4 is 10.2 Å². The van der Waals surface area contributed by atoms with Gasteiger partial charge in [0.15, 0.2) is 0 Å². The highest BCUT2D eigenvalue weighted by molar-refractivity contribution is 7.99. The van der Waals surface area contributed by atoms with Gasteiger partial charge in [0.1, 0.15) is 0 Å². The summed E-state index contributed by atoms with van der Waals surface area (Å²) in [5, 5.41) is 2.98. The third-order valence-corrected chi connectivity index (χ3v) is 4.32. The Hall–Kier alpha value is -1.94. The second kappa shape index (κ2) is 9.15. The molecule has 0 atom stereocenters. The van der Waals surface area contributed by atoms with E-state index in [2.05, 4.69) is 34.5 Å². The number of anilines is 1. The maximum Gasteiger partial charge on any atom is 0.220 e. The van der Waals surface area contributed by atoms with E-state index in [4.69, 9.17) is 0 Å². The zero-order valence-electron chi connectivity index (χ0n) is 12.9. The van der Waals surface area contributed by atoms with Crippen LogP contribution in [0.25, 0.3) is 0 Å². The molecule has 0 aliphatic carbocycles. The molecule has 0 spiro atoms. The van der Waals surface area contributed by atoms with Crippen molar-refractivity contribution in [2.75, 3.05) is 30.8 Å². The lowest BCUT2D eigenvalue weighted by Gasteiger charge is -2.19. The van der Waals surface area contributed by atoms with Crippen molar-refractivity contribution in [3.8, 4) is 0 Å². The molecule has 1 amide bonds. The topological polar surface area (TPSA) is 32.3 Å². The molecule has 0 saturated carbocycles. The number of rotatable bonds is 8. The van der Waals surface area contributed by atoms with Gasteiger partial charge in [-0.3, -0.25) is 4.79 Å². The summed E-state index contributed by atoms with van der Waals surface area (Å²) in [6.07, 6.45) is 0.550. The second-order valence-electron chi connectivity index (χ2n) is 5.02. The van der Waals surface area contributed by atoms with Crippen LogP contribution in [0.1, 0.15) is 6.42 Å². The molecule has 0 bridgehead atoms. The van der Waals surface area contributed by atoms with Crippen molar-refractivity contribution in [3.05, 3.63) is 60.7 Å². The molecule has 0 heterocycles. The Kier molecular flexibility index (Phi) is 6.84. The van der Waals surface area contributed by atoms with Crippen molar-refractivity contribution in [3.63, 3.8) is 0 Å². The van der Waals surface area contributed by atoms with Gasteiger partial charge in [0.2, 0.25) is 5.91 Å². The molecular weight excluding hydrogens is 292 g/mol. The van der Waals surface area contributed by atoms with E-state index in [0.29, 0.717) is 13.0 Å². The molecule has 2 aromatic rings. The third kappa shape index (κ3) is 5.82. The van der Waals surface area contributed by atoms with Crippen LogP contribution in [0, 0.1) is 0 Å². The number of hydrogen-bond donors (Lipinski definition) is 1. The number of amides is 1. The van der Waals surface area contributed by atoms with E-state index in [9.17, 15) is 4.79 Å². The zero-order valence-corrected chi connectivity index (χ0v) is 13.7. The third-order valence-electron chi connectivity index (χ3n) is 3.31. The van der Waals surface area contributed by atoms with Gasteiger partial charge in [-0.05, 0) is 24.3 Å². The minimum Gasteiger partial charge on any atom is -0.373 e. The van der Waals surface area contributed by atoms with E-state index < -0.39 is 0 Å². The quantitative estimate of drug-likeness (QED) is 0.758. The van der Waals surface area contributed by atoms with E-state index in [1.165, 1.54) is 4.90 Å². The Balaban J connectivity index is 1.60. The van der Waals surface area contributed by atoms with Gasteiger partial charge in [0.05, 0.1) is 0 Å². The predicted octanol–water partition coefficient (Wildman–Crippen LogP) is 3.42. The predicted molar refractivity (Wildman–Crippen MR) is 94.5 cm³/mol. The summed E-state index contributed by atoms with van der Waals surface area (Å²) in [5.74, 6) is 0.926. The van der Waals surface area contributed by atoms with Gasteiger partial charge in [-0.2, -0.15) is 0 Å². The number of benzene rings is 2. The van der Waals surface area contributed by atoms with Gasteiger partial charge in [0.25, 0.3) is 0 Å². The van der Waals surface area contributed by atoms with Crippen LogP contribution in [0.5, 0.6) is 0 Å². The zero-order chi connectivity index (χ0) is 15.6. The molecule has 4 heteroatoms. The standard InChI is InChI=1S/C18H22N2OS/c1-20(16-8-4-2-5-9-16)14-13-19-18(21)12-15-22-17-10-6-3-7-11-17/h2-11H,12-15H2,1H3,(H,19,21). The van der Waals surface area contributed by atoms with Crippen LogP contribution in [0.15, 0.2) is 65.6 Å². The number of thioether (sulfide) groups is 1. The maximum absolute atomic E-state index is 11.8. The Morgan fingerprint density at radius 3 is 2.36 bits per heavy atom. The van der Waals surface area contributed by atoms with Crippen molar-refractivity contribution in [1.29, 1.82) is 0 Å². The van der Waals surface area contributed by atoms with Gasteiger partial charge >= 0.3 is 0 Å². The summed E-state index contributed by atoms with van der Waals surface area (Å²) in [4.78, 5) is 15.2. The van der Waals surface area contributed by atoms with E-state index in [1.807, 2.05) is 43.4 Å². The Morgan fingerprint density at radius 1 is 1.05 bits per heavy atom. The van der Waals surface area contributed by atoms with Crippen LogP contribution >= 0.6 is 11.8 Å². The lowest BCUT2D eigenvalue weighted by Crippen LogP contribution is -2.33. The summed E-state index contributed by atoms with van der Waals surface area (Å²) in [6.45, 7) is 1.47. The first-order chi connectivity index (χ1) is 10.8. The molecule has 0 fully saturated rings. The Morgan fingerprint density at radius 2 is 1.68 bits per heavy atom. The molecule has 1 N–H and O–H groups in total. The summed E-state index contributed by atoms with van der Waals surface area (Å²) in [5.41, 5.74) is 1.16. The van der Waals surface area contributed by atoms with Crippen molar-refractivity contribution < 1.29 is 4.79 Å². The lowest BCUT2D eigenvalue weighted by molar-refractivity contribution is -0.120. The number of hydrogen-bond acceptors (Lipinski definition) is 3. The normalized spacial score (nSPS) is 10.2. The monoisotopic (exact) mass is 314 g/mol. The number of para-hydroxylation sites is 1. The highest BCUT2D eigenvalue weighted by Gasteiger charge is 2.03. The van der Waals surface area contributed by atoms with Crippen LogP contribution in [0.2, 0.25) is 0 Å². The molecule has 2 aromatic carbocycles. The van der Waals surface area contributed by atoms with Crippen LogP contribution in [0.4, 0.5) is 5.69 Å². The summed E-state index contributed by atoms with van der Waals surface area (Å²) >= 11 is 1.71. The average Bonchev–Trinajstić information content (AvgIpc) is 2.56. The number of nitrogens with zero attached hydrogens (tertiary/aromatic N) is 1. The maximum atomic E-state index is 11.8. The van der Waals surface area contributed by atoms with Gasteiger partial charge in [-0.15, -0.1) is 11.8 Å². The SMILES string of the molecule is CN(CCNC(=O)CCSc1ccccc1)c1ccccc1. The van der Waals surface area contributed by atoms with Crippen LogP contribution in [-0.4, -0.2) is 31.8 Å². The number of carbonyl (C=O) groups is 1. The van der Waals surface area contributed by atoms with Crippen molar-refractivity contribution in [2.24, 2.45) is 0 Å². The molecule has 2 rings (SSSR count). The van der Waals surface area contributed by atoms with Crippen molar-refractivity contribution >= 4 is 23.4 Å². The largest absolute Gasteiger partial charge is 0.373 e. The lowest BCUT2D eigenvalue weighted by atomic mass is 10.3. The van der Waals surface area contributed by atoms with E-state index in [0.717, 1.165) is 18.0 Å². The molecular formula is C18H22N2OS. The number of carbonyl (C=O) groups excluding carboxylic acids is 1. The van der Waals surface area contributed by atoms with E-state index in [1.54, 1.807) is 11.8 Å². The molecule has 3 nitrogen and oxygen atoms in total. The molecule has 116 valence electrons. The molecule has 22 heavy (non-hydrogen) atoms. The first kappa shape index (κ1) is 16.4. The summed E-state index contributed by atoms with van der Waals surface area (Å²) in [6, 6.07) is 20.3. The fraction of sp³-hybridized carbons (Fsp3) is 0.278. The van der Waals surface area contributed by atoms with Gasteiger partial charge in [-0.25, -0.2) is 0 Å². The molecule has 0 radical (unpaired) electrons. The van der Waals surface area contributed by atoms with Crippen molar-refractivity contribution in [1.82, 2.24) is 5.32 Å². The average molecular weight is 314 g/mol. The molecule has 0 unspecified atom stereocenters. The second-order valence-corrected chi connectivity index (χ2v) is 6.19. The van der Waals surface area contributed by atoms with Gasteiger partial charge in [0, 0.05) is 42.9 Å². The van der Waals surface area contributed by atoms with E-state index in [-0.39, 0.29) is 5.91 Å². The molecule has 0 aromatic heterocycles. The van der Waals surface area contributed by atoms with Crippen molar-refractivity contribution in [2.45, 2.75) is 11.3 Å². The molecule has 0 aliphatic heterocycles. The number of likely N-dealkylation sites (N-methyl/N-ethyl adjacent to an activating group) is 1. The smallest absolute Gasteiger partial charge is 0.220 e. The van der Waals surface area contributed by atoms with Crippen LogP contribution in [-0.2, 0) is 4.79 Å². The Labute approximate surface area is 136 Å². The fourth-order valence-corrected chi connectivity index (χ4v) is 2.91. The summed E-state index contributed by atoms with van der Waals surface area (Å²) in [7, 11) is 2.03. The number of nitrogens with one attached hydrogen (secondary N) is 1. The highest BCUT2D eigenvalue weighted by atomic mass is 32.2.